The van der Waals surface area contributed by atoms with Crippen LogP contribution in [0.3, 0.4) is 0 Å². The van der Waals surface area contributed by atoms with Gasteiger partial charge in [-0.3, -0.25) is 4.79 Å². The van der Waals surface area contributed by atoms with E-state index < -0.39 is 0 Å². The summed E-state index contributed by atoms with van der Waals surface area (Å²) < 4.78 is 7.94. The summed E-state index contributed by atoms with van der Waals surface area (Å²) in [6.45, 7) is 3.27. The summed E-state index contributed by atoms with van der Waals surface area (Å²) in [4.78, 5) is 10.7. The number of aryl methyl sites for hydroxylation is 1. The van der Waals surface area contributed by atoms with Gasteiger partial charge >= 0.3 is 0 Å². The Hall–Kier alpha value is -1.98. The summed E-state index contributed by atoms with van der Waals surface area (Å²) in [5, 5.41) is 2.44. The van der Waals surface area contributed by atoms with Gasteiger partial charge < -0.3 is 14.8 Å². The van der Waals surface area contributed by atoms with Crippen LogP contribution in [0, 0.1) is 6.92 Å². The standard InChI is InChI=1S/C13H13NS.C4H9NO2/c1-11-6-5-7-12(10-11)14-15-13-8-3-2-4-9-13;1-7-3-2-5-4-6/h2-10,14H,1H3;4H,2-3H2,1H3,(H,5,6). The number of benzene rings is 2. The zero-order valence-electron chi connectivity index (χ0n) is 12.9. The van der Waals surface area contributed by atoms with Crippen LogP contribution in [0.25, 0.3) is 0 Å². The van der Waals surface area contributed by atoms with Gasteiger partial charge in [0, 0.05) is 24.2 Å². The Morgan fingerprint density at radius 1 is 1.14 bits per heavy atom. The third-order valence-corrected chi connectivity index (χ3v) is 3.43. The van der Waals surface area contributed by atoms with E-state index >= 15 is 0 Å². The molecule has 0 spiro atoms. The van der Waals surface area contributed by atoms with Crippen LogP contribution in [-0.2, 0) is 9.53 Å². The lowest BCUT2D eigenvalue weighted by Gasteiger charge is -2.05. The largest absolute Gasteiger partial charge is 0.383 e. The maximum atomic E-state index is 9.51. The van der Waals surface area contributed by atoms with Gasteiger partial charge in [0.05, 0.1) is 6.61 Å². The van der Waals surface area contributed by atoms with Crippen LogP contribution in [0.15, 0.2) is 59.5 Å². The molecule has 22 heavy (non-hydrogen) atoms. The average molecular weight is 318 g/mol. The Morgan fingerprint density at radius 3 is 2.55 bits per heavy atom. The molecule has 0 atom stereocenters. The molecule has 4 nitrogen and oxygen atoms in total. The summed E-state index contributed by atoms with van der Waals surface area (Å²) >= 11 is 1.63. The third kappa shape index (κ3) is 8.34. The highest BCUT2D eigenvalue weighted by Gasteiger charge is 1.94. The zero-order chi connectivity index (χ0) is 16.0. The van der Waals surface area contributed by atoms with Gasteiger partial charge in [-0.25, -0.2) is 0 Å². The number of ether oxygens (including phenoxy) is 1. The van der Waals surface area contributed by atoms with Crippen LogP contribution in [-0.4, -0.2) is 26.7 Å². The first-order valence-electron chi connectivity index (χ1n) is 6.97. The molecule has 118 valence electrons. The molecule has 0 radical (unpaired) electrons. The quantitative estimate of drug-likeness (QED) is 0.466. The highest BCUT2D eigenvalue weighted by atomic mass is 32.2. The molecule has 0 aromatic heterocycles. The molecule has 2 aromatic rings. The van der Waals surface area contributed by atoms with E-state index in [9.17, 15) is 4.79 Å². The molecule has 0 unspecified atom stereocenters. The summed E-state index contributed by atoms with van der Waals surface area (Å²) in [7, 11) is 1.59. The summed E-state index contributed by atoms with van der Waals surface area (Å²) in [5.74, 6) is 0. The van der Waals surface area contributed by atoms with Gasteiger partial charge in [-0.05, 0) is 48.7 Å². The molecule has 1 amide bonds. The highest BCUT2D eigenvalue weighted by Crippen LogP contribution is 2.20. The molecule has 0 bridgehead atoms. The Morgan fingerprint density at radius 2 is 1.91 bits per heavy atom. The van der Waals surface area contributed by atoms with E-state index in [2.05, 4.69) is 58.1 Å². The van der Waals surface area contributed by atoms with Gasteiger partial charge in [-0.2, -0.15) is 0 Å². The van der Waals surface area contributed by atoms with Crippen LogP contribution in [0.2, 0.25) is 0 Å². The number of rotatable bonds is 7. The summed E-state index contributed by atoms with van der Waals surface area (Å²) in [6.07, 6.45) is 0.652. The number of methoxy groups -OCH3 is 1. The number of amides is 1. The van der Waals surface area contributed by atoms with Crippen molar-refractivity contribution in [2.24, 2.45) is 0 Å². The second kappa shape index (κ2) is 11.7. The van der Waals surface area contributed by atoms with Crippen molar-refractivity contribution in [1.29, 1.82) is 0 Å². The molecule has 0 aliphatic carbocycles. The van der Waals surface area contributed by atoms with E-state index in [4.69, 9.17) is 0 Å². The molecule has 0 heterocycles. The molecular weight excluding hydrogens is 296 g/mol. The van der Waals surface area contributed by atoms with Crippen molar-refractivity contribution in [3.8, 4) is 0 Å². The minimum absolute atomic E-state index is 0.582. The van der Waals surface area contributed by atoms with Crippen molar-refractivity contribution < 1.29 is 9.53 Å². The number of carbonyl (C=O) groups excluding carboxylic acids is 1. The van der Waals surface area contributed by atoms with Gasteiger partial charge in [0.2, 0.25) is 6.41 Å². The lowest BCUT2D eigenvalue weighted by molar-refractivity contribution is -0.109. The highest BCUT2D eigenvalue weighted by molar-refractivity contribution is 8.00. The fourth-order valence-electron chi connectivity index (χ4n) is 1.53. The summed E-state index contributed by atoms with van der Waals surface area (Å²) in [5.41, 5.74) is 2.41. The van der Waals surface area contributed by atoms with Gasteiger partial charge in [0.1, 0.15) is 0 Å². The van der Waals surface area contributed by atoms with Crippen LogP contribution in [0.4, 0.5) is 5.69 Å². The molecule has 2 rings (SSSR count). The van der Waals surface area contributed by atoms with E-state index in [0.717, 1.165) is 5.69 Å². The average Bonchev–Trinajstić information content (AvgIpc) is 2.55. The minimum atomic E-state index is 0.582. The molecule has 0 saturated carbocycles. The van der Waals surface area contributed by atoms with Gasteiger partial charge in [-0.15, -0.1) is 0 Å². The first-order chi connectivity index (χ1) is 10.8. The Labute approximate surface area is 136 Å². The van der Waals surface area contributed by atoms with E-state index in [0.29, 0.717) is 19.6 Å². The van der Waals surface area contributed by atoms with Crippen LogP contribution in [0.5, 0.6) is 0 Å². The predicted octanol–water partition coefficient (Wildman–Crippen LogP) is 3.49. The van der Waals surface area contributed by atoms with Crippen molar-refractivity contribution >= 4 is 24.0 Å². The number of carbonyl (C=O) groups is 1. The molecule has 2 N–H and O–H groups in total. The topological polar surface area (TPSA) is 50.4 Å². The molecule has 0 fully saturated rings. The van der Waals surface area contributed by atoms with E-state index in [1.54, 1.807) is 19.1 Å². The third-order valence-electron chi connectivity index (χ3n) is 2.58. The van der Waals surface area contributed by atoms with E-state index in [1.165, 1.54) is 10.5 Å². The van der Waals surface area contributed by atoms with Gasteiger partial charge in [0.15, 0.2) is 0 Å². The van der Waals surface area contributed by atoms with Gasteiger partial charge in [-0.1, -0.05) is 30.3 Å². The maximum absolute atomic E-state index is 9.51. The van der Waals surface area contributed by atoms with Crippen molar-refractivity contribution in [3.05, 3.63) is 60.2 Å². The second-order valence-corrected chi connectivity index (χ2v) is 5.33. The fourth-order valence-corrected chi connectivity index (χ4v) is 2.19. The Bertz CT molecular complexity index is 535. The Balaban J connectivity index is 0.000000295. The molecule has 0 saturated heterocycles. The molecule has 2 aromatic carbocycles. The number of hydrogen-bond acceptors (Lipinski definition) is 4. The van der Waals surface area contributed by atoms with Crippen molar-refractivity contribution in [2.75, 3.05) is 25.0 Å². The Kier molecular flexibility index (Phi) is 9.57. The molecule has 0 aliphatic rings. The summed E-state index contributed by atoms with van der Waals surface area (Å²) in [6, 6.07) is 18.7. The minimum Gasteiger partial charge on any atom is -0.383 e. The first kappa shape index (κ1) is 18.1. The predicted molar refractivity (Wildman–Crippen MR) is 93.0 cm³/mol. The van der Waals surface area contributed by atoms with E-state index in [1.807, 2.05) is 18.2 Å². The van der Waals surface area contributed by atoms with Crippen molar-refractivity contribution in [1.82, 2.24) is 5.32 Å². The fraction of sp³-hybridized carbons (Fsp3) is 0.235. The number of nitrogens with one attached hydrogen (secondary N) is 2. The lowest BCUT2D eigenvalue weighted by Crippen LogP contribution is -2.16. The van der Waals surface area contributed by atoms with Crippen molar-refractivity contribution in [2.45, 2.75) is 11.8 Å². The normalized spacial score (nSPS) is 9.36. The lowest BCUT2D eigenvalue weighted by atomic mass is 10.2. The van der Waals surface area contributed by atoms with Gasteiger partial charge in [0.25, 0.3) is 0 Å². The molecule has 5 heteroatoms. The van der Waals surface area contributed by atoms with Crippen LogP contribution in [0.1, 0.15) is 5.56 Å². The second-order valence-electron chi connectivity index (χ2n) is 4.45. The molecular formula is C17H22N2O2S. The monoisotopic (exact) mass is 318 g/mol. The SMILES string of the molecule is COCCNC=O.Cc1cccc(NSc2ccccc2)c1. The van der Waals surface area contributed by atoms with Crippen molar-refractivity contribution in [3.63, 3.8) is 0 Å². The van der Waals surface area contributed by atoms with Crippen LogP contribution < -0.4 is 10.0 Å². The smallest absolute Gasteiger partial charge is 0.207 e. The zero-order valence-corrected chi connectivity index (χ0v) is 13.7. The molecule has 0 aliphatic heterocycles. The number of hydrogen-bond donors (Lipinski definition) is 2. The first-order valence-corrected chi connectivity index (χ1v) is 7.78. The van der Waals surface area contributed by atoms with Crippen LogP contribution >= 0.6 is 11.9 Å². The maximum Gasteiger partial charge on any atom is 0.207 e. The number of anilines is 1. The van der Waals surface area contributed by atoms with E-state index in [-0.39, 0.29) is 0 Å².